The Hall–Kier alpha value is -0.150. The summed E-state index contributed by atoms with van der Waals surface area (Å²) in [4.78, 5) is 0. The normalized spacial score (nSPS) is 32.4. The highest BCUT2D eigenvalue weighted by Crippen LogP contribution is 2.33. The van der Waals surface area contributed by atoms with E-state index in [0.717, 1.165) is 6.54 Å². The molecule has 0 amide bonds. The third-order valence-electron chi connectivity index (χ3n) is 1.79. The highest BCUT2D eigenvalue weighted by atomic mass is 32.2. The van der Waals surface area contributed by atoms with Crippen LogP contribution < -0.4 is 5.32 Å². The Bertz CT molecular complexity index is 147. The average Bonchev–Trinajstić information content (AvgIpc) is 2.20. The quantitative estimate of drug-likeness (QED) is 0.638. The summed E-state index contributed by atoms with van der Waals surface area (Å²) in [6.07, 6.45) is 0. The molecule has 0 saturated carbocycles. The van der Waals surface area contributed by atoms with E-state index in [4.69, 9.17) is 0 Å². The van der Waals surface area contributed by atoms with E-state index in [0.29, 0.717) is 16.9 Å². The molecule has 2 atom stereocenters. The molecule has 2 N–H and O–H groups in total. The van der Waals surface area contributed by atoms with Crippen molar-refractivity contribution in [2.45, 2.75) is 12.2 Å². The molecule has 0 fully saturated rings. The highest BCUT2D eigenvalue weighted by molar-refractivity contribution is 8.03. The van der Waals surface area contributed by atoms with Crippen LogP contribution in [0.3, 0.4) is 0 Å². The number of hydrogen-bond donors (Lipinski definition) is 2. The van der Waals surface area contributed by atoms with Crippen LogP contribution in [0.2, 0.25) is 0 Å². The zero-order valence-corrected chi connectivity index (χ0v) is 7.11. The van der Waals surface area contributed by atoms with Gasteiger partial charge in [0, 0.05) is 23.1 Å². The Labute approximate surface area is 65.7 Å². The van der Waals surface area contributed by atoms with Gasteiger partial charge in [0.2, 0.25) is 0 Å². The molecule has 1 rings (SSSR count). The number of rotatable bonds is 2. The first-order valence-electron chi connectivity index (χ1n) is 3.44. The van der Waals surface area contributed by atoms with Crippen molar-refractivity contribution >= 4 is 11.8 Å². The summed E-state index contributed by atoms with van der Waals surface area (Å²) >= 11 is 1.71. The van der Waals surface area contributed by atoms with Crippen LogP contribution in [0.4, 0.5) is 0 Å². The average molecular weight is 159 g/mol. The molecule has 1 aliphatic rings. The molecule has 1 aliphatic heterocycles. The van der Waals surface area contributed by atoms with Crippen molar-refractivity contribution in [2.75, 3.05) is 13.6 Å². The van der Waals surface area contributed by atoms with Crippen LogP contribution in [0.15, 0.2) is 11.2 Å². The SMILES string of the molecule is CNCC1SC=C(O)C1C. The number of aliphatic hydroxyl groups is 1. The molecule has 0 aromatic rings. The molecule has 1 heterocycles. The van der Waals surface area contributed by atoms with Gasteiger partial charge in [-0.25, -0.2) is 0 Å². The molecule has 2 unspecified atom stereocenters. The van der Waals surface area contributed by atoms with Gasteiger partial charge in [0.05, 0.1) is 0 Å². The Morgan fingerprint density at radius 2 is 2.50 bits per heavy atom. The number of nitrogens with one attached hydrogen (secondary N) is 1. The fourth-order valence-electron chi connectivity index (χ4n) is 0.999. The van der Waals surface area contributed by atoms with Crippen LogP contribution in [0.25, 0.3) is 0 Å². The standard InChI is InChI=1S/C7H13NOS/c1-5-6(9)4-10-7(5)3-8-2/h4-5,7-9H,3H2,1-2H3. The van der Waals surface area contributed by atoms with Crippen molar-refractivity contribution in [3.63, 3.8) is 0 Å². The molecule has 0 aromatic carbocycles. The van der Waals surface area contributed by atoms with Crippen LogP contribution in [-0.2, 0) is 0 Å². The largest absolute Gasteiger partial charge is 0.511 e. The third kappa shape index (κ3) is 1.47. The van der Waals surface area contributed by atoms with E-state index in [1.54, 1.807) is 11.8 Å². The fourth-order valence-corrected chi connectivity index (χ4v) is 2.17. The van der Waals surface area contributed by atoms with Crippen molar-refractivity contribution in [3.8, 4) is 0 Å². The van der Waals surface area contributed by atoms with Gasteiger partial charge in [-0.15, -0.1) is 11.8 Å². The Balaban J connectivity index is 2.40. The van der Waals surface area contributed by atoms with Crippen LogP contribution in [0.5, 0.6) is 0 Å². The van der Waals surface area contributed by atoms with E-state index in [-0.39, 0.29) is 0 Å². The molecule has 0 aromatic heterocycles. The molecule has 0 saturated heterocycles. The van der Waals surface area contributed by atoms with E-state index < -0.39 is 0 Å². The Morgan fingerprint density at radius 3 is 2.90 bits per heavy atom. The first-order chi connectivity index (χ1) is 4.75. The molecule has 0 spiro atoms. The lowest BCUT2D eigenvalue weighted by Crippen LogP contribution is -2.24. The van der Waals surface area contributed by atoms with Crippen LogP contribution in [0, 0.1) is 5.92 Å². The van der Waals surface area contributed by atoms with Gasteiger partial charge in [-0.3, -0.25) is 0 Å². The Morgan fingerprint density at radius 1 is 1.80 bits per heavy atom. The maximum Gasteiger partial charge on any atom is 0.102 e. The van der Waals surface area contributed by atoms with Crippen molar-refractivity contribution in [2.24, 2.45) is 5.92 Å². The summed E-state index contributed by atoms with van der Waals surface area (Å²) in [6.45, 7) is 3.01. The summed E-state index contributed by atoms with van der Waals surface area (Å²) in [5.41, 5.74) is 0. The number of hydrogen-bond acceptors (Lipinski definition) is 3. The second-order valence-electron chi connectivity index (χ2n) is 2.56. The van der Waals surface area contributed by atoms with E-state index >= 15 is 0 Å². The zero-order chi connectivity index (χ0) is 7.56. The monoisotopic (exact) mass is 159 g/mol. The van der Waals surface area contributed by atoms with Crippen LogP contribution in [-0.4, -0.2) is 23.9 Å². The minimum Gasteiger partial charge on any atom is -0.511 e. The van der Waals surface area contributed by atoms with E-state index in [9.17, 15) is 5.11 Å². The molecule has 0 radical (unpaired) electrons. The van der Waals surface area contributed by atoms with Gasteiger partial charge in [-0.1, -0.05) is 6.92 Å². The van der Waals surface area contributed by atoms with E-state index in [2.05, 4.69) is 5.32 Å². The van der Waals surface area contributed by atoms with Gasteiger partial charge in [-0.05, 0) is 7.05 Å². The lowest BCUT2D eigenvalue weighted by molar-refractivity contribution is 0.341. The maximum atomic E-state index is 9.21. The lowest BCUT2D eigenvalue weighted by atomic mass is 10.1. The first kappa shape index (κ1) is 7.95. The molecule has 0 bridgehead atoms. The Kier molecular flexibility index (Phi) is 2.63. The summed E-state index contributed by atoms with van der Waals surface area (Å²) in [6, 6.07) is 0. The molecular formula is C7H13NOS. The van der Waals surface area contributed by atoms with E-state index in [1.165, 1.54) is 0 Å². The summed E-state index contributed by atoms with van der Waals surface area (Å²) in [7, 11) is 1.93. The highest BCUT2D eigenvalue weighted by Gasteiger charge is 2.25. The zero-order valence-electron chi connectivity index (χ0n) is 6.29. The van der Waals surface area contributed by atoms with Gasteiger partial charge in [-0.2, -0.15) is 0 Å². The molecule has 2 nitrogen and oxygen atoms in total. The van der Waals surface area contributed by atoms with Crippen LogP contribution >= 0.6 is 11.8 Å². The van der Waals surface area contributed by atoms with Gasteiger partial charge >= 0.3 is 0 Å². The second-order valence-corrected chi connectivity index (χ2v) is 3.68. The maximum absolute atomic E-state index is 9.21. The van der Waals surface area contributed by atoms with Crippen molar-refractivity contribution in [1.82, 2.24) is 5.32 Å². The van der Waals surface area contributed by atoms with Crippen molar-refractivity contribution in [1.29, 1.82) is 0 Å². The topological polar surface area (TPSA) is 32.3 Å². The van der Waals surface area contributed by atoms with Gasteiger partial charge in [0.1, 0.15) is 5.76 Å². The number of allylic oxidation sites excluding steroid dienone is 1. The van der Waals surface area contributed by atoms with Gasteiger partial charge in [0.25, 0.3) is 0 Å². The predicted molar refractivity (Wildman–Crippen MR) is 45.2 cm³/mol. The fraction of sp³-hybridized carbons (Fsp3) is 0.714. The smallest absolute Gasteiger partial charge is 0.102 e. The third-order valence-corrected chi connectivity index (χ3v) is 3.10. The predicted octanol–water partition coefficient (Wildman–Crippen LogP) is 1.36. The van der Waals surface area contributed by atoms with Gasteiger partial charge in [0.15, 0.2) is 0 Å². The molecule has 10 heavy (non-hydrogen) atoms. The van der Waals surface area contributed by atoms with Crippen molar-refractivity contribution in [3.05, 3.63) is 11.2 Å². The minimum absolute atomic E-state index is 0.317. The van der Waals surface area contributed by atoms with Crippen molar-refractivity contribution < 1.29 is 5.11 Å². The molecular weight excluding hydrogens is 146 g/mol. The molecule has 0 aliphatic carbocycles. The number of aliphatic hydroxyl groups excluding tert-OH is 1. The van der Waals surface area contributed by atoms with E-state index in [1.807, 2.05) is 19.4 Å². The second kappa shape index (κ2) is 3.30. The molecule has 58 valence electrons. The summed E-state index contributed by atoms with van der Waals surface area (Å²) in [5, 5.41) is 14.7. The first-order valence-corrected chi connectivity index (χ1v) is 4.39. The molecule has 3 heteroatoms. The summed E-state index contributed by atoms with van der Waals surface area (Å²) < 4.78 is 0. The lowest BCUT2D eigenvalue weighted by Gasteiger charge is -2.13. The van der Waals surface area contributed by atoms with Gasteiger partial charge < -0.3 is 10.4 Å². The van der Waals surface area contributed by atoms with Crippen LogP contribution in [0.1, 0.15) is 6.92 Å². The number of thioether (sulfide) groups is 1. The minimum atomic E-state index is 0.317. The summed E-state index contributed by atoms with van der Waals surface area (Å²) in [5.74, 6) is 0.850.